The van der Waals surface area contributed by atoms with Crippen molar-refractivity contribution in [3.8, 4) is 11.3 Å². The van der Waals surface area contributed by atoms with E-state index in [2.05, 4.69) is 15.4 Å². The molecule has 3 aromatic heterocycles. The molecule has 0 saturated carbocycles. The van der Waals surface area contributed by atoms with E-state index >= 15 is 0 Å². The number of aromatic nitrogens is 3. The van der Waals surface area contributed by atoms with Crippen LogP contribution in [0, 0.1) is 0 Å². The molecule has 0 aliphatic rings. The van der Waals surface area contributed by atoms with E-state index in [4.69, 9.17) is 11.6 Å². The minimum absolute atomic E-state index is 0.141. The van der Waals surface area contributed by atoms with E-state index < -0.39 is 0 Å². The Morgan fingerprint density at radius 1 is 1.41 bits per heavy atom. The van der Waals surface area contributed by atoms with Crippen LogP contribution in [0.4, 0.5) is 0 Å². The van der Waals surface area contributed by atoms with Gasteiger partial charge in [-0.3, -0.25) is 14.5 Å². The molecule has 0 spiro atoms. The maximum absolute atomic E-state index is 12.1. The summed E-state index contributed by atoms with van der Waals surface area (Å²) in [6.07, 6.45) is 5.38. The Balaban J connectivity index is 1.77. The number of thiophene rings is 1. The first kappa shape index (κ1) is 14.7. The van der Waals surface area contributed by atoms with Crippen LogP contribution in [0.5, 0.6) is 0 Å². The Labute approximate surface area is 136 Å². The van der Waals surface area contributed by atoms with Crippen molar-refractivity contribution in [3.05, 3.63) is 57.6 Å². The molecular weight excluding hydrogens is 320 g/mol. The van der Waals surface area contributed by atoms with Gasteiger partial charge in [0.1, 0.15) is 0 Å². The van der Waals surface area contributed by atoms with Crippen LogP contribution in [0.3, 0.4) is 0 Å². The molecule has 0 unspecified atom stereocenters. The molecule has 0 saturated heterocycles. The van der Waals surface area contributed by atoms with Gasteiger partial charge in [0.05, 0.1) is 21.1 Å². The molecular formula is C15H13ClN4OS. The third-order valence-corrected chi connectivity index (χ3v) is 4.34. The highest BCUT2D eigenvalue weighted by Gasteiger charge is 2.11. The molecule has 22 heavy (non-hydrogen) atoms. The van der Waals surface area contributed by atoms with Crippen LogP contribution in [-0.2, 0) is 13.6 Å². The highest BCUT2D eigenvalue weighted by molar-refractivity contribution is 7.17. The molecule has 112 valence electrons. The lowest BCUT2D eigenvalue weighted by molar-refractivity contribution is 0.0955. The number of halogens is 1. The zero-order chi connectivity index (χ0) is 15.5. The van der Waals surface area contributed by atoms with Crippen LogP contribution in [0.2, 0.25) is 4.34 Å². The van der Waals surface area contributed by atoms with Gasteiger partial charge in [-0.25, -0.2) is 0 Å². The summed E-state index contributed by atoms with van der Waals surface area (Å²) in [5.41, 5.74) is 2.68. The SMILES string of the molecule is Cn1cc(-c2ncccc2CNC(=O)c2ccc(Cl)s2)cn1. The summed E-state index contributed by atoms with van der Waals surface area (Å²) in [6, 6.07) is 7.22. The van der Waals surface area contributed by atoms with E-state index in [9.17, 15) is 4.79 Å². The second kappa shape index (κ2) is 6.29. The van der Waals surface area contributed by atoms with Gasteiger partial charge in [0.15, 0.2) is 0 Å². The Hall–Kier alpha value is -2.18. The summed E-state index contributed by atoms with van der Waals surface area (Å²) < 4.78 is 2.32. The first-order chi connectivity index (χ1) is 10.6. The van der Waals surface area contributed by atoms with Crippen LogP contribution in [0.25, 0.3) is 11.3 Å². The van der Waals surface area contributed by atoms with Crippen molar-refractivity contribution in [1.82, 2.24) is 20.1 Å². The van der Waals surface area contributed by atoms with Crippen LogP contribution in [0.15, 0.2) is 42.9 Å². The van der Waals surface area contributed by atoms with E-state index in [0.717, 1.165) is 16.8 Å². The second-order valence-corrected chi connectivity index (χ2v) is 6.42. The highest BCUT2D eigenvalue weighted by Crippen LogP contribution is 2.22. The topological polar surface area (TPSA) is 59.8 Å². The Morgan fingerprint density at radius 3 is 2.95 bits per heavy atom. The van der Waals surface area contributed by atoms with E-state index in [1.54, 1.807) is 29.2 Å². The molecule has 0 aromatic carbocycles. The number of aryl methyl sites for hydroxylation is 1. The predicted molar refractivity (Wildman–Crippen MR) is 86.9 cm³/mol. The first-order valence-corrected chi connectivity index (χ1v) is 7.79. The summed E-state index contributed by atoms with van der Waals surface area (Å²) in [7, 11) is 1.86. The summed E-state index contributed by atoms with van der Waals surface area (Å²) >= 11 is 7.11. The fourth-order valence-electron chi connectivity index (χ4n) is 2.08. The second-order valence-electron chi connectivity index (χ2n) is 4.70. The van der Waals surface area contributed by atoms with Crippen molar-refractivity contribution >= 4 is 28.8 Å². The Bertz CT molecular complexity index is 811. The highest BCUT2D eigenvalue weighted by atomic mass is 35.5. The number of carbonyl (C=O) groups excluding carboxylic acids is 1. The van der Waals surface area contributed by atoms with E-state index in [1.165, 1.54) is 11.3 Å². The number of rotatable bonds is 4. The quantitative estimate of drug-likeness (QED) is 0.798. The summed E-state index contributed by atoms with van der Waals surface area (Å²) in [5, 5.41) is 7.05. The third kappa shape index (κ3) is 3.18. The third-order valence-electron chi connectivity index (χ3n) is 3.11. The van der Waals surface area contributed by atoms with Gasteiger partial charge in [-0.15, -0.1) is 11.3 Å². The summed E-state index contributed by atoms with van der Waals surface area (Å²) in [6.45, 7) is 0.395. The largest absolute Gasteiger partial charge is 0.347 e. The zero-order valence-corrected chi connectivity index (χ0v) is 13.4. The lowest BCUT2D eigenvalue weighted by atomic mass is 10.1. The maximum atomic E-state index is 12.1. The van der Waals surface area contributed by atoms with Crippen molar-refractivity contribution < 1.29 is 4.79 Å². The Morgan fingerprint density at radius 2 is 2.27 bits per heavy atom. The summed E-state index contributed by atoms with van der Waals surface area (Å²) in [5.74, 6) is -0.141. The van der Waals surface area contributed by atoms with Gasteiger partial charge >= 0.3 is 0 Å². The number of hydrogen-bond donors (Lipinski definition) is 1. The minimum Gasteiger partial charge on any atom is -0.347 e. The molecule has 3 aromatic rings. The Kier molecular flexibility index (Phi) is 4.22. The zero-order valence-electron chi connectivity index (χ0n) is 11.8. The molecule has 0 fully saturated rings. The van der Waals surface area contributed by atoms with Gasteiger partial charge in [-0.2, -0.15) is 5.10 Å². The fraction of sp³-hybridized carbons (Fsp3) is 0.133. The molecule has 0 atom stereocenters. The first-order valence-electron chi connectivity index (χ1n) is 6.60. The van der Waals surface area contributed by atoms with Crippen LogP contribution >= 0.6 is 22.9 Å². The smallest absolute Gasteiger partial charge is 0.261 e. The number of nitrogens with one attached hydrogen (secondary N) is 1. The van der Waals surface area contributed by atoms with E-state index in [1.807, 2.05) is 25.4 Å². The van der Waals surface area contributed by atoms with Crippen molar-refractivity contribution in [2.24, 2.45) is 7.05 Å². The fourth-order valence-corrected chi connectivity index (χ4v) is 3.04. The number of pyridine rings is 1. The van der Waals surface area contributed by atoms with Gasteiger partial charge in [0.2, 0.25) is 0 Å². The van der Waals surface area contributed by atoms with Gasteiger partial charge in [0.25, 0.3) is 5.91 Å². The van der Waals surface area contributed by atoms with E-state index in [-0.39, 0.29) is 5.91 Å². The predicted octanol–water partition coefficient (Wildman–Crippen LogP) is 3.13. The van der Waals surface area contributed by atoms with Crippen molar-refractivity contribution in [3.63, 3.8) is 0 Å². The molecule has 0 aliphatic heterocycles. The van der Waals surface area contributed by atoms with Crippen LogP contribution < -0.4 is 5.32 Å². The molecule has 0 aliphatic carbocycles. The monoisotopic (exact) mass is 332 g/mol. The lowest BCUT2D eigenvalue weighted by Crippen LogP contribution is -2.22. The molecule has 0 radical (unpaired) electrons. The van der Waals surface area contributed by atoms with Crippen LogP contribution in [-0.4, -0.2) is 20.7 Å². The van der Waals surface area contributed by atoms with Gasteiger partial charge in [0, 0.05) is 31.5 Å². The standard InChI is InChI=1S/C15H13ClN4OS/c1-20-9-11(8-19-20)14-10(3-2-6-17-14)7-18-15(21)12-4-5-13(16)22-12/h2-6,8-9H,7H2,1H3,(H,18,21). The van der Waals surface area contributed by atoms with Gasteiger partial charge in [-0.1, -0.05) is 17.7 Å². The summed E-state index contributed by atoms with van der Waals surface area (Å²) in [4.78, 5) is 17.1. The molecule has 7 heteroatoms. The van der Waals surface area contributed by atoms with Crippen molar-refractivity contribution in [2.45, 2.75) is 6.54 Å². The molecule has 3 rings (SSSR count). The van der Waals surface area contributed by atoms with Crippen molar-refractivity contribution in [2.75, 3.05) is 0 Å². The number of amides is 1. The van der Waals surface area contributed by atoms with Crippen LogP contribution in [0.1, 0.15) is 15.2 Å². The van der Waals surface area contributed by atoms with Gasteiger partial charge < -0.3 is 5.32 Å². The van der Waals surface area contributed by atoms with Crippen molar-refractivity contribution in [1.29, 1.82) is 0 Å². The minimum atomic E-state index is -0.141. The molecule has 5 nitrogen and oxygen atoms in total. The van der Waals surface area contributed by atoms with E-state index in [0.29, 0.717) is 15.8 Å². The molecule has 1 amide bonds. The average Bonchev–Trinajstić information content (AvgIpc) is 3.14. The number of hydrogen-bond acceptors (Lipinski definition) is 4. The average molecular weight is 333 g/mol. The maximum Gasteiger partial charge on any atom is 0.261 e. The molecule has 0 bridgehead atoms. The normalized spacial score (nSPS) is 10.6. The number of nitrogens with zero attached hydrogens (tertiary/aromatic N) is 3. The number of carbonyl (C=O) groups is 1. The molecule has 1 N–H and O–H groups in total. The van der Waals surface area contributed by atoms with Gasteiger partial charge in [-0.05, 0) is 23.8 Å². The molecule has 3 heterocycles. The lowest BCUT2D eigenvalue weighted by Gasteiger charge is -2.08.